The molecule has 1 aromatic heterocycles. The molecule has 0 spiro atoms. The Morgan fingerprint density at radius 2 is 1.37 bits per heavy atom. The molecule has 0 radical (unpaired) electrons. The maximum atomic E-state index is 13.2. The van der Waals surface area contributed by atoms with E-state index in [0.717, 1.165) is 16.7 Å². The quantitative estimate of drug-likeness (QED) is 0.522. The highest BCUT2D eigenvalue weighted by Gasteiger charge is 2.39. The lowest BCUT2D eigenvalue weighted by molar-refractivity contribution is 0.411. The first-order valence-corrected chi connectivity index (χ1v) is 9.66. The van der Waals surface area contributed by atoms with Gasteiger partial charge in [-0.05, 0) is 35.7 Å². The van der Waals surface area contributed by atoms with Gasteiger partial charge in [-0.2, -0.15) is 0 Å². The third kappa shape index (κ3) is 3.14. The van der Waals surface area contributed by atoms with E-state index < -0.39 is 16.8 Å². The summed E-state index contributed by atoms with van der Waals surface area (Å²) in [4.78, 5) is 27.8. The zero-order chi connectivity index (χ0) is 21.1. The van der Waals surface area contributed by atoms with Gasteiger partial charge in [-0.1, -0.05) is 72.8 Å². The van der Waals surface area contributed by atoms with Crippen molar-refractivity contribution in [3.05, 3.63) is 134 Å². The Kier molecular flexibility index (Phi) is 5.11. The number of aryl methyl sites for hydroxylation is 1. The molecule has 0 atom stereocenters. The highest BCUT2D eigenvalue weighted by atomic mass is 16.5. The van der Waals surface area contributed by atoms with Crippen LogP contribution in [0.25, 0.3) is 0 Å². The Hall–Kier alpha value is -3.86. The second-order valence-corrected chi connectivity index (χ2v) is 7.12. The fraction of sp³-hybridized carbons (Fsp3) is 0.120. The summed E-state index contributed by atoms with van der Waals surface area (Å²) < 4.78 is 7.09. The summed E-state index contributed by atoms with van der Waals surface area (Å²) in [5.74, 6) is 0.679. The highest BCUT2D eigenvalue weighted by molar-refractivity contribution is 5.52. The van der Waals surface area contributed by atoms with Gasteiger partial charge < -0.3 is 4.74 Å². The van der Waals surface area contributed by atoms with Gasteiger partial charge in [0.15, 0.2) is 0 Å². The number of methoxy groups -OCH3 is 1. The van der Waals surface area contributed by atoms with Crippen LogP contribution < -0.4 is 16.0 Å². The normalized spacial score (nSPS) is 11.3. The maximum Gasteiger partial charge on any atom is 0.329 e. The molecule has 5 heteroatoms. The molecular formula is C25H22N2O3. The lowest BCUT2D eigenvalue weighted by Gasteiger charge is -2.37. The number of H-pyrrole nitrogens is 1. The lowest BCUT2D eigenvalue weighted by Crippen LogP contribution is -2.47. The number of aromatic nitrogens is 2. The number of hydrogen-bond acceptors (Lipinski definition) is 3. The summed E-state index contributed by atoms with van der Waals surface area (Å²) in [6.45, 7) is 1.70. The predicted octanol–water partition coefficient (Wildman–Crippen LogP) is 3.69. The molecule has 150 valence electrons. The van der Waals surface area contributed by atoms with E-state index in [1.165, 1.54) is 0 Å². The summed E-state index contributed by atoms with van der Waals surface area (Å²) in [5.41, 5.74) is 1.18. The molecule has 0 amide bonds. The van der Waals surface area contributed by atoms with Crippen LogP contribution in [0.4, 0.5) is 0 Å². The van der Waals surface area contributed by atoms with Crippen molar-refractivity contribution >= 4 is 0 Å². The second-order valence-electron chi connectivity index (χ2n) is 7.12. The van der Waals surface area contributed by atoms with Crippen LogP contribution in [0.5, 0.6) is 5.75 Å². The van der Waals surface area contributed by atoms with Crippen molar-refractivity contribution in [2.75, 3.05) is 7.11 Å². The third-order valence-corrected chi connectivity index (χ3v) is 5.35. The highest BCUT2D eigenvalue weighted by Crippen LogP contribution is 2.40. The van der Waals surface area contributed by atoms with E-state index in [0.29, 0.717) is 11.3 Å². The molecule has 0 fully saturated rings. The topological polar surface area (TPSA) is 64.1 Å². The number of rotatable bonds is 5. The SMILES string of the molecule is COc1cccc(C(c2ccccc2)(c2ccccc2)n2cc(C)c(=O)[nH]c2=O)c1. The van der Waals surface area contributed by atoms with Crippen molar-refractivity contribution < 1.29 is 4.74 Å². The monoisotopic (exact) mass is 398 g/mol. The van der Waals surface area contributed by atoms with Crippen LogP contribution in [-0.4, -0.2) is 16.7 Å². The Morgan fingerprint density at radius 3 is 1.93 bits per heavy atom. The molecule has 0 unspecified atom stereocenters. The molecule has 4 rings (SSSR count). The lowest BCUT2D eigenvalue weighted by atomic mass is 9.76. The molecule has 30 heavy (non-hydrogen) atoms. The smallest absolute Gasteiger partial charge is 0.329 e. The minimum atomic E-state index is -1.01. The predicted molar refractivity (Wildman–Crippen MR) is 117 cm³/mol. The molecule has 3 aromatic carbocycles. The van der Waals surface area contributed by atoms with E-state index in [-0.39, 0.29) is 0 Å². The van der Waals surface area contributed by atoms with Gasteiger partial charge in [-0.15, -0.1) is 0 Å². The Labute approximate surface area is 174 Å². The number of nitrogens with zero attached hydrogens (tertiary/aromatic N) is 1. The summed E-state index contributed by atoms with van der Waals surface area (Å²) in [7, 11) is 1.61. The molecule has 0 aliphatic heterocycles. The number of nitrogens with one attached hydrogen (secondary N) is 1. The van der Waals surface area contributed by atoms with Gasteiger partial charge in [0.1, 0.15) is 11.3 Å². The first kappa shape index (κ1) is 19.5. The van der Waals surface area contributed by atoms with Gasteiger partial charge in [0, 0.05) is 11.8 Å². The van der Waals surface area contributed by atoms with Gasteiger partial charge in [0.2, 0.25) is 0 Å². The zero-order valence-electron chi connectivity index (χ0n) is 16.8. The molecule has 4 aromatic rings. The molecule has 0 bridgehead atoms. The first-order chi connectivity index (χ1) is 14.6. The summed E-state index contributed by atoms with van der Waals surface area (Å²) >= 11 is 0. The van der Waals surface area contributed by atoms with Gasteiger partial charge in [0.25, 0.3) is 5.56 Å². The number of aromatic amines is 1. The van der Waals surface area contributed by atoms with E-state index in [1.54, 1.807) is 24.8 Å². The number of hydrogen-bond donors (Lipinski definition) is 1. The minimum absolute atomic E-state index is 0.392. The number of benzene rings is 3. The molecule has 5 nitrogen and oxygen atoms in total. The minimum Gasteiger partial charge on any atom is -0.497 e. The molecular weight excluding hydrogens is 376 g/mol. The largest absolute Gasteiger partial charge is 0.497 e. The van der Waals surface area contributed by atoms with Crippen LogP contribution in [-0.2, 0) is 5.54 Å². The zero-order valence-corrected chi connectivity index (χ0v) is 16.8. The molecule has 1 N–H and O–H groups in total. The van der Waals surface area contributed by atoms with Crippen molar-refractivity contribution in [1.82, 2.24) is 9.55 Å². The van der Waals surface area contributed by atoms with Crippen molar-refractivity contribution in [3.63, 3.8) is 0 Å². The van der Waals surface area contributed by atoms with E-state index in [2.05, 4.69) is 4.98 Å². The van der Waals surface area contributed by atoms with Crippen molar-refractivity contribution in [2.24, 2.45) is 0 Å². The van der Waals surface area contributed by atoms with Crippen molar-refractivity contribution in [1.29, 1.82) is 0 Å². The number of ether oxygens (including phenoxy) is 1. The standard InChI is InChI=1S/C25H22N2O3/c1-18-17-27(24(29)26-23(18)28)25(19-10-5-3-6-11-19,20-12-7-4-8-13-20)21-14-9-15-22(16-21)30-2/h3-17H,1-2H3,(H,26,28,29). The maximum absolute atomic E-state index is 13.2. The van der Waals surface area contributed by atoms with E-state index in [4.69, 9.17) is 4.74 Å². The van der Waals surface area contributed by atoms with Gasteiger partial charge in [-0.25, -0.2) is 4.79 Å². The van der Waals surface area contributed by atoms with Gasteiger partial charge in [0.05, 0.1) is 7.11 Å². The fourth-order valence-electron chi connectivity index (χ4n) is 3.94. The van der Waals surface area contributed by atoms with Gasteiger partial charge >= 0.3 is 5.69 Å². The first-order valence-electron chi connectivity index (χ1n) is 9.66. The summed E-state index contributed by atoms with van der Waals surface area (Å²) in [5, 5.41) is 0. The summed E-state index contributed by atoms with van der Waals surface area (Å²) in [6, 6.07) is 27.2. The molecule has 1 heterocycles. The molecule has 0 saturated carbocycles. The average Bonchev–Trinajstić information content (AvgIpc) is 2.79. The van der Waals surface area contributed by atoms with Crippen LogP contribution in [0.15, 0.2) is 101 Å². The van der Waals surface area contributed by atoms with Crippen molar-refractivity contribution in [2.45, 2.75) is 12.5 Å². The van der Waals surface area contributed by atoms with Crippen LogP contribution >= 0.6 is 0 Å². The van der Waals surface area contributed by atoms with Gasteiger partial charge in [-0.3, -0.25) is 14.3 Å². The molecule has 0 saturated heterocycles. The van der Waals surface area contributed by atoms with Crippen LogP contribution in [0, 0.1) is 6.92 Å². The third-order valence-electron chi connectivity index (χ3n) is 5.35. The van der Waals surface area contributed by atoms with E-state index >= 15 is 0 Å². The Morgan fingerprint density at radius 1 is 0.800 bits per heavy atom. The van der Waals surface area contributed by atoms with E-state index in [1.807, 2.05) is 84.9 Å². The van der Waals surface area contributed by atoms with Crippen LogP contribution in [0.2, 0.25) is 0 Å². The Balaban J connectivity index is 2.22. The van der Waals surface area contributed by atoms with Crippen LogP contribution in [0.1, 0.15) is 22.3 Å². The molecule has 0 aliphatic rings. The average molecular weight is 398 g/mol. The summed E-state index contributed by atoms with van der Waals surface area (Å²) in [6.07, 6.45) is 1.63. The second kappa shape index (κ2) is 7.87. The molecule has 0 aliphatic carbocycles. The fourth-order valence-corrected chi connectivity index (χ4v) is 3.94. The Bertz CT molecular complexity index is 1240. The van der Waals surface area contributed by atoms with Crippen LogP contribution in [0.3, 0.4) is 0 Å². The van der Waals surface area contributed by atoms with E-state index in [9.17, 15) is 9.59 Å². The van der Waals surface area contributed by atoms with Crippen molar-refractivity contribution in [3.8, 4) is 5.75 Å².